The first-order valence-electron chi connectivity index (χ1n) is 13.2. The number of ether oxygens (including phenoxy) is 2. The molecule has 1 aromatic rings. The van der Waals surface area contributed by atoms with E-state index in [2.05, 4.69) is 62.9 Å². The summed E-state index contributed by atoms with van der Waals surface area (Å²) in [6, 6.07) is 8.51. The standard InChI is InChI=1S/C16H22NO2.3C4H9.Sn/c1-13(18-2)15-5-4-10-17(12-15)11-14-6-8-16(19-3)9-7-14;3*1-3-4-2;/h5-9,13H,2,4,10-12H2,1,3H3;3*1,3-4H2,2H3;/t13-;;;;/m1..../s1. The number of nitrogens with zero attached hydrogens (tertiary/aromatic N) is 1. The van der Waals surface area contributed by atoms with E-state index in [1.54, 1.807) is 7.11 Å². The zero-order valence-electron chi connectivity index (χ0n) is 21.6. The van der Waals surface area contributed by atoms with Gasteiger partial charge in [0.25, 0.3) is 0 Å². The summed E-state index contributed by atoms with van der Waals surface area (Å²) >= 11 is -2.23. The van der Waals surface area contributed by atoms with E-state index >= 15 is 0 Å². The number of hydrogen-bond donors (Lipinski definition) is 0. The minimum absolute atomic E-state index is 0.259. The van der Waals surface area contributed by atoms with Crippen LogP contribution in [-0.2, 0) is 11.3 Å². The molecule has 32 heavy (non-hydrogen) atoms. The van der Waals surface area contributed by atoms with Crippen molar-refractivity contribution in [3.8, 4) is 5.75 Å². The van der Waals surface area contributed by atoms with Crippen LogP contribution in [0.3, 0.4) is 0 Å². The fourth-order valence-corrected chi connectivity index (χ4v) is 19.5. The van der Waals surface area contributed by atoms with E-state index in [4.69, 9.17) is 9.47 Å². The van der Waals surface area contributed by atoms with E-state index in [0.717, 1.165) is 36.4 Å². The Bertz CT molecular complexity index is 636. The number of benzene rings is 1. The average Bonchev–Trinajstić information content (AvgIpc) is 2.83. The molecule has 0 N–H and O–H groups in total. The van der Waals surface area contributed by atoms with Crippen LogP contribution in [0.4, 0.5) is 0 Å². The average molecular weight is 550 g/mol. The molecule has 0 aromatic heterocycles. The van der Waals surface area contributed by atoms with Gasteiger partial charge in [0.1, 0.15) is 0 Å². The predicted molar refractivity (Wildman–Crippen MR) is 141 cm³/mol. The number of methoxy groups -OCH3 is 1. The molecular weight excluding hydrogens is 501 g/mol. The van der Waals surface area contributed by atoms with Gasteiger partial charge in [0.15, 0.2) is 0 Å². The fraction of sp³-hybridized carbons (Fsp3) is 0.714. The topological polar surface area (TPSA) is 21.7 Å². The summed E-state index contributed by atoms with van der Waals surface area (Å²) in [6.45, 7) is 12.5. The summed E-state index contributed by atoms with van der Waals surface area (Å²) in [7, 11) is 1.73. The minimum atomic E-state index is -2.23. The van der Waals surface area contributed by atoms with E-state index in [-0.39, 0.29) is 6.10 Å². The Kier molecular flexibility index (Phi) is 13.3. The normalized spacial score (nSPS) is 16.1. The third-order valence-corrected chi connectivity index (χ3v) is 21.5. The van der Waals surface area contributed by atoms with Crippen LogP contribution >= 0.6 is 0 Å². The third kappa shape index (κ3) is 9.38. The summed E-state index contributed by atoms with van der Waals surface area (Å²) in [5.41, 5.74) is 2.85. The summed E-state index contributed by atoms with van der Waals surface area (Å²) in [4.78, 5) is 2.57. The molecule has 0 saturated heterocycles. The van der Waals surface area contributed by atoms with Gasteiger partial charge in [0, 0.05) is 0 Å². The van der Waals surface area contributed by atoms with Crippen molar-refractivity contribution in [1.29, 1.82) is 0 Å². The zero-order chi connectivity index (χ0) is 23.2. The number of rotatable bonds is 16. The molecule has 0 saturated carbocycles. The molecule has 1 aromatic carbocycles. The molecule has 1 aliphatic rings. The zero-order valence-corrected chi connectivity index (χ0v) is 24.5. The van der Waals surface area contributed by atoms with Gasteiger partial charge in [-0.15, -0.1) is 0 Å². The molecule has 1 atom stereocenters. The van der Waals surface area contributed by atoms with Crippen LogP contribution in [0.15, 0.2) is 35.9 Å². The van der Waals surface area contributed by atoms with Crippen LogP contribution in [0.1, 0.15) is 78.2 Å². The molecule has 0 radical (unpaired) electrons. The molecule has 0 bridgehead atoms. The molecule has 3 nitrogen and oxygen atoms in total. The maximum absolute atomic E-state index is 6.75. The van der Waals surface area contributed by atoms with E-state index in [0.29, 0.717) is 0 Å². The molecule has 0 amide bonds. The van der Waals surface area contributed by atoms with Crippen LogP contribution in [0.2, 0.25) is 13.3 Å². The van der Waals surface area contributed by atoms with Gasteiger partial charge < -0.3 is 0 Å². The van der Waals surface area contributed by atoms with Crippen molar-refractivity contribution in [2.75, 3.05) is 24.8 Å². The van der Waals surface area contributed by atoms with E-state index in [9.17, 15) is 0 Å². The van der Waals surface area contributed by atoms with Crippen LogP contribution < -0.4 is 4.74 Å². The Balaban J connectivity index is 1.95. The summed E-state index contributed by atoms with van der Waals surface area (Å²) in [6.07, 6.45) is 12.1. The second kappa shape index (κ2) is 15.4. The molecule has 1 aliphatic heterocycles. The third-order valence-electron chi connectivity index (χ3n) is 7.17. The van der Waals surface area contributed by atoms with E-state index in [1.165, 1.54) is 63.0 Å². The quantitative estimate of drug-likeness (QED) is 0.156. The summed E-state index contributed by atoms with van der Waals surface area (Å²) in [5, 5.41) is 0. The molecule has 2 rings (SSSR count). The van der Waals surface area contributed by atoms with Crippen molar-refractivity contribution in [1.82, 2.24) is 4.90 Å². The van der Waals surface area contributed by atoms with Crippen molar-refractivity contribution in [2.45, 2.75) is 98.6 Å². The molecular formula is C28H49NO2Sn. The number of unbranched alkanes of at least 4 members (excludes halogenated alkanes) is 3. The SMILES string of the molecule is CCC[CH2][Sn]([CH2]CCC)([CH2]CCC)[CH2]O[C@H](C)C1=CCCN(Cc2ccc(OC)cc2)C1. The molecule has 0 fully saturated rings. The molecule has 1 heterocycles. The molecule has 0 unspecified atom stereocenters. The fourth-order valence-electron chi connectivity index (χ4n) is 4.91. The van der Waals surface area contributed by atoms with Crippen molar-refractivity contribution >= 4 is 18.4 Å². The van der Waals surface area contributed by atoms with Crippen LogP contribution in [-0.4, -0.2) is 54.2 Å². The van der Waals surface area contributed by atoms with Gasteiger partial charge in [-0.25, -0.2) is 0 Å². The van der Waals surface area contributed by atoms with Crippen molar-refractivity contribution < 1.29 is 9.47 Å². The Morgan fingerprint density at radius 2 is 1.53 bits per heavy atom. The monoisotopic (exact) mass is 551 g/mol. The molecule has 4 heteroatoms. The first-order chi connectivity index (χ1) is 15.6. The van der Waals surface area contributed by atoms with E-state index < -0.39 is 18.4 Å². The Labute approximate surface area is 202 Å². The Morgan fingerprint density at radius 1 is 0.938 bits per heavy atom. The maximum atomic E-state index is 6.75. The van der Waals surface area contributed by atoms with Gasteiger partial charge in [-0.3, -0.25) is 0 Å². The molecule has 0 aliphatic carbocycles. The second-order valence-corrected chi connectivity index (χ2v) is 23.6. The summed E-state index contributed by atoms with van der Waals surface area (Å²) in [5.74, 6) is 0.930. The van der Waals surface area contributed by atoms with Gasteiger partial charge >= 0.3 is 196 Å². The number of hydrogen-bond acceptors (Lipinski definition) is 3. The van der Waals surface area contributed by atoms with Gasteiger partial charge in [0.05, 0.1) is 7.11 Å². The Morgan fingerprint density at radius 3 is 2.06 bits per heavy atom. The van der Waals surface area contributed by atoms with Crippen LogP contribution in [0.25, 0.3) is 0 Å². The molecule has 0 spiro atoms. The van der Waals surface area contributed by atoms with Crippen molar-refractivity contribution in [3.63, 3.8) is 0 Å². The van der Waals surface area contributed by atoms with Gasteiger partial charge in [-0.1, -0.05) is 0 Å². The predicted octanol–water partition coefficient (Wildman–Crippen LogP) is 7.62. The molecule has 182 valence electrons. The van der Waals surface area contributed by atoms with Gasteiger partial charge in [-0.2, -0.15) is 0 Å². The van der Waals surface area contributed by atoms with E-state index in [1.807, 2.05) is 0 Å². The van der Waals surface area contributed by atoms with Crippen LogP contribution in [0.5, 0.6) is 5.75 Å². The van der Waals surface area contributed by atoms with Crippen LogP contribution in [0, 0.1) is 0 Å². The first-order valence-corrected chi connectivity index (χ1v) is 21.3. The second-order valence-electron chi connectivity index (χ2n) is 9.89. The first kappa shape index (κ1) is 27.7. The summed E-state index contributed by atoms with van der Waals surface area (Å²) < 4.78 is 17.8. The van der Waals surface area contributed by atoms with Gasteiger partial charge in [0.2, 0.25) is 0 Å². The van der Waals surface area contributed by atoms with Crippen molar-refractivity contribution in [3.05, 3.63) is 41.5 Å². The Hall–Kier alpha value is -0.521. The van der Waals surface area contributed by atoms with Gasteiger partial charge in [-0.05, 0) is 0 Å². The van der Waals surface area contributed by atoms with Crippen molar-refractivity contribution in [2.24, 2.45) is 0 Å².